The lowest BCUT2D eigenvalue weighted by Gasteiger charge is -2.30. The number of anilines is 2. The van der Waals surface area contributed by atoms with Crippen LogP contribution >= 0.6 is 0 Å². The van der Waals surface area contributed by atoms with Crippen LogP contribution in [0.5, 0.6) is 0 Å². The van der Waals surface area contributed by atoms with Gasteiger partial charge in [0, 0.05) is 23.0 Å². The van der Waals surface area contributed by atoms with Crippen molar-refractivity contribution >= 4 is 39.0 Å². The first-order valence-corrected chi connectivity index (χ1v) is 8.35. The summed E-state index contributed by atoms with van der Waals surface area (Å²) in [5.41, 5.74) is 3.86. The van der Waals surface area contributed by atoms with Gasteiger partial charge in [0.25, 0.3) is 0 Å². The van der Waals surface area contributed by atoms with Crippen LogP contribution in [0.15, 0.2) is 84.9 Å². The summed E-state index contributed by atoms with van der Waals surface area (Å²) in [5, 5.41) is 5.19. The maximum Gasteiger partial charge on any atom is 0.0573 e. The number of benzene rings is 4. The second-order valence-corrected chi connectivity index (χ2v) is 6.24. The van der Waals surface area contributed by atoms with Crippen molar-refractivity contribution in [3.8, 4) is 0 Å². The van der Waals surface area contributed by atoms with Crippen LogP contribution in [0.25, 0.3) is 27.6 Å². The fraction of sp³-hybridized carbons (Fsp3) is 0.0435. The van der Waals surface area contributed by atoms with E-state index in [9.17, 15) is 0 Å². The minimum Gasteiger partial charge on any atom is -0.336 e. The van der Waals surface area contributed by atoms with E-state index in [1.807, 2.05) is 0 Å². The van der Waals surface area contributed by atoms with E-state index < -0.39 is 0 Å². The van der Waals surface area contributed by atoms with Crippen LogP contribution in [0, 0.1) is 0 Å². The van der Waals surface area contributed by atoms with Crippen LogP contribution in [0.3, 0.4) is 0 Å². The van der Waals surface area contributed by atoms with Crippen molar-refractivity contribution < 1.29 is 0 Å². The van der Waals surface area contributed by atoms with Crippen molar-refractivity contribution in [2.75, 3.05) is 11.4 Å². The van der Waals surface area contributed by atoms with E-state index in [-0.39, 0.29) is 0 Å². The third kappa shape index (κ3) is 1.95. The molecule has 1 aliphatic heterocycles. The van der Waals surface area contributed by atoms with Crippen molar-refractivity contribution in [2.24, 2.45) is 0 Å². The SMILES string of the molecule is C1=Cc2ccccc2N(c2c3ccccc3cc3ccccc23)C1. The van der Waals surface area contributed by atoms with Gasteiger partial charge in [-0.15, -0.1) is 0 Å². The summed E-state index contributed by atoms with van der Waals surface area (Å²) in [6, 6.07) is 28.3. The lowest BCUT2D eigenvalue weighted by atomic mass is 9.98. The molecule has 24 heavy (non-hydrogen) atoms. The standard InChI is InChI=1S/C23H17N/c1-4-12-20-18(9-1)16-19-10-2-5-13-21(19)23(20)24-15-7-11-17-8-3-6-14-22(17)24/h1-14,16H,15H2. The first kappa shape index (κ1) is 13.4. The highest BCUT2D eigenvalue weighted by Crippen LogP contribution is 2.41. The zero-order valence-corrected chi connectivity index (χ0v) is 13.3. The molecule has 4 aromatic rings. The monoisotopic (exact) mass is 307 g/mol. The fourth-order valence-corrected chi connectivity index (χ4v) is 3.75. The van der Waals surface area contributed by atoms with Crippen LogP contribution in [-0.4, -0.2) is 6.54 Å². The minimum atomic E-state index is 0.898. The van der Waals surface area contributed by atoms with E-state index in [1.54, 1.807) is 0 Å². The molecule has 0 radical (unpaired) electrons. The van der Waals surface area contributed by atoms with Crippen molar-refractivity contribution in [3.63, 3.8) is 0 Å². The van der Waals surface area contributed by atoms with Gasteiger partial charge in [0.2, 0.25) is 0 Å². The molecule has 1 heterocycles. The van der Waals surface area contributed by atoms with Crippen LogP contribution < -0.4 is 4.90 Å². The number of fused-ring (bicyclic) bond motifs is 3. The van der Waals surface area contributed by atoms with Gasteiger partial charge in [-0.1, -0.05) is 78.9 Å². The average Bonchev–Trinajstić information content (AvgIpc) is 2.66. The molecule has 0 N–H and O–H groups in total. The normalized spacial score (nSPS) is 13.4. The van der Waals surface area contributed by atoms with Crippen LogP contribution in [0.1, 0.15) is 5.56 Å². The van der Waals surface area contributed by atoms with Gasteiger partial charge in [-0.2, -0.15) is 0 Å². The number of nitrogens with zero attached hydrogens (tertiary/aromatic N) is 1. The Morgan fingerprint density at radius 1 is 0.667 bits per heavy atom. The molecule has 0 fully saturated rings. The summed E-state index contributed by atoms with van der Waals surface area (Å²) in [6.07, 6.45) is 4.47. The Kier molecular flexibility index (Phi) is 2.92. The minimum absolute atomic E-state index is 0.898. The largest absolute Gasteiger partial charge is 0.336 e. The molecule has 0 atom stereocenters. The predicted molar refractivity (Wildman–Crippen MR) is 104 cm³/mol. The highest BCUT2D eigenvalue weighted by Gasteiger charge is 2.19. The molecule has 0 aliphatic carbocycles. The molecule has 0 saturated heterocycles. The van der Waals surface area contributed by atoms with Gasteiger partial charge in [-0.25, -0.2) is 0 Å². The van der Waals surface area contributed by atoms with Crippen LogP contribution in [0.4, 0.5) is 11.4 Å². The predicted octanol–water partition coefficient (Wildman–Crippen LogP) is 6.16. The molecule has 1 aliphatic rings. The second kappa shape index (κ2) is 5.24. The van der Waals surface area contributed by atoms with Crippen molar-refractivity contribution in [1.29, 1.82) is 0 Å². The van der Waals surface area contributed by atoms with Gasteiger partial charge in [-0.05, 0) is 28.5 Å². The zero-order chi connectivity index (χ0) is 15.9. The maximum absolute atomic E-state index is 2.44. The molecule has 114 valence electrons. The molecule has 1 heteroatoms. The molecule has 0 saturated carbocycles. The summed E-state index contributed by atoms with van der Waals surface area (Å²) in [4.78, 5) is 2.44. The highest BCUT2D eigenvalue weighted by atomic mass is 15.1. The number of hydrogen-bond acceptors (Lipinski definition) is 1. The average molecular weight is 307 g/mol. The molecule has 0 spiro atoms. The molecular formula is C23H17N. The molecule has 0 aromatic heterocycles. The van der Waals surface area contributed by atoms with Gasteiger partial charge in [0.15, 0.2) is 0 Å². The van der Waals surface area contributed by atoms with Crippen LogP contribution in [0.2, 0.25) is 0 Å². The molecule has 5 rings (SSSR count). The Hall–Kier alpha value is -3.06. The van der Waals surface area contributed by atoms with Crippen molar-refractivity contribution in [2.45, 2.75) is 0 Å². The summed E-state index contributed by atoms with van der Waals surface area (Å²) >= 11 is 0. The highest BCUT2D eigenvalue weighted by molar-refractivity contribution is 6.13. The van der Waals surface area contributed by atoms with Crippen molar-refractivity contribution in [1.82, 2.24) is 0 Å². The van der Waals surface area contributed by atoms with E-state index in [4.69, 9.17) is 0 Å². The van der Waals surface area contributed by atoms with E-state index in [0.29, 0.717) is 0 Å². The lowest BCUT2D eigenvalue weighted by molar-refractivity contribution is 1.10. The summed E-state index contributed by atoms with van der Waals surface area (Å²) in [6.45, 7) is 0.898. The maximum atomic E-state index is 2.44. The topological polar surface area (TPSA) is 3.24 Å². The number of para-hydroxylation sites is 1. The third-order valence-electron chi connectivity index (χ3n) is 4.83. The lowest BCUT2D eigenvalue weighted by Crippen LogP contribution is -2.20. The number of rotatable bonds is 1. The third-order valence-corrected chi connectivity index (χ3v) is 4.83. The quantitative estimate of drug-likeness (QED) is 0.381. The smallest absolute Gasteiger partial charge is 0.0573 e. The Bertz CT molecular complexity index is 1040. The summed E-state index contributed by atoms with van der Waals surface area (Å²) in [7, 11) is 0. The van der Waals surface area contributed by atoms with E-state index in [2.05, 4.69) is 95.9 Å². The van der Waals surface area contributed by atoms with Crippen LogP contribution in [-0.2, 0) is 0 Å². The van der Waals surface area contributed by atoms with Gasteiger partial charge in [0.05, 0.1) is 5.69 Å². The molecule has 0 amide bonds. The van der Waals surface area contributed by atoms with E-state index >= 15 is 0 Å². The summed E-state index contributed by atoms with van der Waals surface area (Å²) in [5.74, 6) is 0. The molecule has 4 aromatic carbocycles. The molecule has 1 nitrogen and oxygen atoms in total. The van der Waals surface area contributed by atoms with Gasteiger partial charge < -0.3 is 4.90 Å². The van der Waals surface area contributed by atoms with Crippen molar-refractivity contribution in [3.05, 3.63) is 90.5 Å². The Balaban J connectivity index is 1.90. The van der Waals surface area contributed by atoms with Gasteiger partial charge in [-0.3, -0.25) is 0 Å². The summed E-state index contributed by atoms with van der Waals surface area (Å²) < 4.78 is 0. The fourth-order valence-electron chi connectivity index (χ4n) is 3.75. The van der Waals surface area contributed by atoms with Gasteiger partial charge >= 0.3 is 0 Å². The Morgan fingerprint density at radius 2 is 1.29 bits per heavy atom. The first-order valence-electron chi connectivity index (χ1n) is 8.35. The second-order valence-electron chi connectivity index (χ2n) is 6.24. The zero-order valence-electron chi connectivity index (χ0n) is 13.3. The molecule has 0 unspecified atom stereocenters. The Labute approximate surface area is 141 Å². The van der Waals surface area contributed by atoms with E-state index in [1.165, 1.54) is 38.5 Å². The van der Waals surface area contributed by atoms with E-state index in [0.717, 1.165) is 6.54 Å². The van der Waals surface area contributed by atoms with Gasteiger partial charge in [0.1, 0.15) is 0 Å². The Morgan fingerprint density at radius 3 is 2.04 bits per heavy atom. The number of hydrogen-bond donors (Lipinski definition) is 0. The first-order chi connectivity index (χ1) is 11.9. The molecule has 0 bridgehead atoms. The molecular weight excluding hydrogens is 290 g/mol.